The zero-order valence-corrected chi connectivity index (χ0v) is 8.45. The van der Waals surface area contributed by atoms with Gasteiger partial charge in [0.15, 0.2) is 0 Å². The Kier molecular flexibility index (Phi) is 3.68. The van der Waals surface area contributed by atoms with E-state index in [4.69, 9.17) is 4.74 Å². The van der Waals surface area contributed by atoms with Crippen molar-refractivity contribution in [2.24, 2.45) is 0 Å². The van der Waals surface area contributed by atoms with E-state index in [2.05, 4.69) is 23.8 Å². The largest absolute Gasteiger partial charge is 0.475 e. The Morgan fingerprint density at radius 3 is 2.85 bits per heavy atom. The van der Waals surface area contributed by atoms with Crippen molar-refractivity contribution in [2.45, 2.75) is 39.7 Å². The van der Waals surface area contributed by atoms with Gasteiger partial charge in [-0.05, 0) is 20.3 Å². The number of rotatable bonds is 4. The maximum Gasteiger partial charge on any atom is 0.216 e. The highest BCUT2D eigenvalue weighted by Crippen LogP contribution is 2.10. The molecule has 13 heavy (non-hydrogen) atoms. The fourth-order valence-corrected chi connectivity index (χ4v) is 1.17. The molecule has 0 aliphatic heterocycles. The van der Waals surface area contributed by atoms with E-state index < -0.39 is 0 Å². The van der Waals surface area contributed by atoms with E-state index in [0.717, 1.165) is 18.5 Å². The second-order valence-corrected chi connectivity index (χ2v) is 3.21. The molecule has 0 amide bonds. The fourth-order valence-electron chi connectivity index (χ4n) is 1.17. The van der Waals surface area contributed by atoms with Crippen molar-refractivity contribution in [3.8, 4) is 5.88 Å². The van der Waals surface area contributed by atoms with Gasteiger partial charge in [0.1, 0.15) is 6.33 Å². The molecule has 0 N–H and O–H groups in total. The zero-order chi connectivity index (χ0) is 9.68. The smallest absolute Gasteiger partial charge is 0.216 e. The average molecular weight is 180 g/mol. The first-order valence-electron chi connectivity index (χ1n) is 4.67. The van der Waals surface area contributed by atoms with Crippen LogP contribution < -0.4 is 4.74 Å². The summed E-state index contributed by atoms with van der Waals surface area (Å²) in [6.45, 7) is 6.13. The fraction of sp³-hybridized carbons (Fsp3) is 0.600. The minimum atomic E-state index is 0.235. The van der Waals surface area contributed by atoms with E-state index in [1.807, 2.05) is 13.0 Å². The molecule has 0 fully saturated rings. The summed E-state index contributed by atoms with van der Waals surface area (Å²) in [5.74, 6) is 0.674. The first kappa shape index (κ1) is 9.96. The predicted molar refractivity (Wildman–Crippen MR) is 51.8 cm³/mol. The molecule has 1 aromatic rings. The number of ether oxygens (including phenoxy) is 1. The second kappa shape index (κ2) is 4.80. The number of aryl methyl sites for hydroxylation is 1. The summed E-state index contributed by atoms with van der Waals surface area (Å²) in [5.41, 5.74) is 0.939. The van der Waals surface area contributed by atoms with Gasteiger partial charge in [0, 0.05) is 11.8 Å². The topological polar surface area (TPSA) is 35.0 Å². The molecular formula is C10H16N2O. The lowest BCUT2D eigenvalue weighted by molar-refractivity contribution is 0.201. The highest BCUT2D eigenvalue weighted by atomic mass is 16.5. The van der Waals surface area contributed by atoms with Crippen LogP contribution in [0.25, 0.3) is 0 Å². The number of nitrogens with zero attached hydrogens (tertiary/aromatic N) is 2. The first-order valence-corrected chi connectivity index (χ1v) is 4.67. The molecule has 0 radical (unpaired) electrons. The van der Waals surface area contributed by atoms with Gasteiger partial charge in [-0.25, -0.2) is 9.97 Å². The Morgan fingerprint density at radius 2 is 2.23 bits per heavy atom. The highest BCUT2D eigenvalue weighted by molar-refractivity contribution is 5.12. The van der Waals surface area contributed by atoms with E-state index in [-0.39, 0.29) is 6.10 Å². The summed E-state index contributed by atoms with van der Waals surface area (Å²) in [4.78, 5) is 8.03. The van der Waals surface area contributed by atoms with E-state index in [1.54, 1.807) is 0 Å². The molecule has 72 valence electrons. The molecule has 0 aromatic carbocycles. The molecule has 0 aliphatic carbocycles. The molecule has 0 spiro atoms. The van der Waals surface area contributed by atoms with Crippen LogP contribution in [0.3, 0.4) is 0 Å². The monoisotopic (exact) mass is 180 g/mol. The predicted octanol–water partition coefficient (Wildman–Crippen LogP) is 2.35. The Bertz CT molecular complexity index is 263. The Hall–Kier alpha value is -1.12. The standard InChI is InChI=1S/C10H16N2O/c1-4-5-9(3)13-10-6-8(2)11-7-12-10/h6-7,9H,4-5H2,1-3H3. The van der Waals surface area contributed by atoms with Crippen molar-refractivity contribution in [1.82, 2.24) is 9.97 Å². The van der Waals surface area contributed by atoms with Crippen LogP contribution >= 0.6 is 0 Å². The summed E-state index contributed by atoms with van der Waals surface area (Å²) >= 11 is 0. The third-order valence-electron chi connectivity index (χ3n) is 1.80. The molecule has 1 rings (SSSR count). The third kappa shape index (κ3) is 3.40. The van der Waals surface area contributed by atoms with E-state index in [0.29, 0.717) is 5.88 Å². The minimum absolute atomic E-state index is 0.235. The molecule has 1 aromatic heterocycles. The molecule has 1 atom stereocenters. The van der Waals surface area contributed by atoms with Crippen LogP contribution in [0.2, 0.25) is 0 Å². The van der Waals surface area contributed by atoms with Gasteiger partial charge < -0.3 is 4.74 Å². The van der Waals surface area contributed by atoms with Gasteiger partial charge in [0.25, 0.3) is 0 Å². The normalized spacial score (nSPS) is 12.5. The maximum atomic E-state index is 5.58. The lowest BCUT2D eigenvalue weighted by atomic mass is 10.2. The molecular weight excluding hydrogens is 164 g/mol. The summed E-state index contributed by atoms with van der Waals surface area (Å²) in [6.07, 6.45) is 3.96. The lowest BCUT2D eigenvalue weighted by Crippen LogP contribution is -2.12. The van der Waals surface area contributed by atoms with Crippen molar-refractivity contribution < 1.29 is 4.74 Å². The van der Waals surface area contributed by atoms with Crippen LogP contribution in [0.1, 0.15) is 32.4 Å². The summed E-state index contributed by atoms with van der Waals surface area (Å²) in [5, 5.41) is 0. The first-order chi connectivity index (χ1) is 6.22. The molecule has 0 saturated heterocycles. The van der Waals surface area contributed by atoms with Gasteiger partial charge in [0.2, 0.25) is 5.88 Å². The van der Waals surface area contributed by atoms with Crippen molar-refractivity contribution in [2.75, 3.05) is 0 Å². The molecule has 1 unspecified atom stereocenters. The van der Waals surface area contributed by atoms with E-state index in [1.165, 1.54) is 6.33 Å². The third-order valence-corrected chi connectivity index (χ3v) is 1.80. The van der Waals surface area contributed by atoms with Crippen LogP contribution in [0.4, 0.5) is 0 Å². The van der Waals surface area contributed by atoms with Gasteiger partial charge in [0.05, 0.1) is 6.10 Å². The molecule has 0 bridgehead atoms. The van der Waals surface area contributed by atoms with Crippen molar-refractivity contribution in [1.29, 1.82) is 0 Å². The highest BCUT2D eigenvalue weighted by Gasteiger charge is 2.03. The van der Waals surface area contributed by atoms with Gasteiger partial charge in [-0.3, -0.25) is 0 Å². The molecule has 3 nitrogen and oxygen atoms in total. The Morgan fingerprint density at radius 1 is 1.46 bits per heavy atom. The number of hydrogen-bond acceptors (Lipinski definition) is 3. The SMILES string of the molecule is CCCC(C)Oc1cc(C)ncn1. The molecule has 0 aliphatic rings. The number of aromatic nitrogens is 2. The maximum absolute atomic E-state index is 5.58. The van der Waals surface area contributed by atoms with Crippen molar-refractivity contribution >= 4 is 0 Å². The Labute approximate surface area is 79.2 Å². The number of hydrogen-bond donors (Lipinski definition) is 0. The van der Waals surface area contributed by atoms with E-state index >= 15 is 0 Å². The summed E-state index contributed by atoms with van der Waals surface area (Å²) in [7, 11) is 0. The second-order valence-electron chi connectivity index (χ2n) is 3.21. The van der Waals surface area contributed by atoms with Crippen molar-refractivity contribution in [3.63, 3.8) is 0 Å². The van der Waals surface area contributed by atoms with Crippen LogP contribution in [0.15, 0.2) is 12.4 Å². The van der Waals surface area contributed by atoms with Crippen LogP contribution in [0.5, 0.6) is 5.88 Å². The van der Waals surface area contributed by atoms with Crippen LogP contribution in [0, 0.1) is 6.92 Å². The lowest BCUT2D eigenvalue weighted by Gasteiger charge is -2.12. The Balaban J connectivity index is 2.53. The van der Waals surface area contributed by atoms with E-state index in [9.17, 15) is 0 Å². The van der Waals surface area contributed by atoms with Gasteiger partial charge in [-0.1, -0.05) is 13.3 Å². The van der Waals surface area contributed by atoms with Crippen LogP contribution in [-0.2, 0) is 0 Å². The minimum Gasteiger partial charge on any atom is -0.475 e. The van der Waals surface area contributed by atoms with Gasteiger partial charge in [-0.2, -0.15) is 0 Å². The quantitative estimate of drug-likeness (QED) is 0.713. The molecule has 3 heteroatoms. The van der Waals surface area contributed by atoms with Gasteiger partial charge >= 0.3 is 0 Å². The van der Waals surface area contributed by atoms with Crippen molar-refractivity contribution in [3.05, 3.63) is 18.1 Å². The van der Waals surface area contributed by atoms with Crippen LogP contribution in [-0.4, -0.2) is 16.1 Å². The van der Waals surface area contributed by atoms with Gasteiger partial charge in [-0.15, -0.1) is 0 Å². The molecule has 0 saturated carbocycles. The summed E-state index contributed by atoms with van der Waals surface area (Å²) in [6, 6.07) is 1.85. The summed E-state index contributed by atoms with van der Waals surface area (Å²) < 4.78 is 5.58. The molecule has 1 heterocycles. The average Bonchev–Trinajstić information content (AvgIpc) is 2.04. The zero-order valence-electron chi connectivity index (χ0n) is 8.45.